The quantitative estimate of drug-likeness (QED) is 0.939. The number of nitrogens with zero attached hydrogens (tertiary/aromatic N) is 2. The highest BCUT2D eigenvalue weighted by atomic mass is 79.9. The Morgan fingerprint density at radius 3 is 2.95 bits per heavy atom. The van der Waals surface area contributed by atoms with Crippen molar-refractivity contribution < 1.29 is 9.21 Å². The first-order valence-electron chi connectivity index (χ1n) is 6.10. The Hall–Kier alpha value is -1.56. The maximum absolute atomic E-state index is 12.2. The van der Waals surface area contributed by atoms with E-state index in [-0.39, 0.29) is 11.9 Å². The van der Waals surface area contributed by atoms with Crippen LogP contribution in [0.4, 0.5) is 0 Å². The lowest BCUT2D eigenvalue weighted by molar-refractivity contribution is 0.0924. The van der Waals surface area contributed by atoms with Crippen LogP contribution >= 0.6 is 15.9 Å². The molecule has 1 amide bonds. The molecular formula is C13H16BrN3O2. The minimum atomic E-state index is -0.264. The summed E-state index contributed by atoms with van der Waals surface area (Å²) in [5.41, 5.74) is 0.615. The highest BCUT2D eigenvalue weighted by molar-refractivity contribution is 9.10. The summed E-state index contributed by atoms with van der Waals surface area (Å²) in [6.45, 7) is 6.40. The average molecular weight is 326 g/mol. The van der Waals surface area contributed by atoms with Gasteiger partial charge in [0.05, 0.1) is 6.20 Å². The molecule has 1 N–H and O–H groups in total. The number of amides is 1. The molecule has 5 nitrogen and oxygen atoms in total. The van der Waals surface area contributed by atoms with E-state index in [1.165, 1.54) is 0 Å². The van der Waals surface area contributed by atoms with Gasteiger partial charge in [-0.1, -0.05) is 0 Å². The molecule has 0 saturated carbocycles. The van der Waals surface area contributed by atoms with Gasteiger partial charge in [0.25, 0.3) is 5.91 Å². The fourth-order valence-corrected chi connectivity index (χ4v) is 2.30. The Balaban J connectivity index is 2.12. The summed E-state index contributed by atoms with van der Waals surface area (Å²) in [7, 11) is 0. The van der Waals surface area contributed by atoms with Crippen LogP contribution in [-0.2, 0) is 6.54 Å². The van der Waals surface area contributed by atoms with E-state index in [1.807, 2.05) is 31.5 Å². The van der Waals surface area contributed by atoms with Crippen LogP contribution in [0.15, 0.2) is 27.3 Å². The molecule has 0 radical (unpaired) electrons. The Kier molecular flexibility index (Phi) is 4.09. The lowest BCUT2D eigenvalue weighted by atomic mass is 10.3. The van der Waals surface area contributed by atoms with Gasteiger partial charge in [0, 0.05) is 17.2 Å². The second-order valence-corrected chi connectivity index (χ2v) is 5.25. The van der Waals surface area contributed by atoms with Crippen molar-refractivity contribution in [3.05, 3.63) is 40.3 Å². The Morgan fingerprint density at radius 1 is 1.63 bits per heavy atom. The highest BCUT2D eigenvalue weighted by Gasteiger charge is 2.18. The largest absolute Gasteiger partial charge is 0.444 e. The van der Waals surface area contributed by atoms with Crippen molar-refractivity contribution in [2.75, 3.05) is 0 Å². The van der Waals surface area contributed by atoms with Crippen molar-refractivity contribution >= 4 is 21.8 Å². The zero-order valence-electron chi connectivity index (χ0n) is 11.1. The Morgan fingerprint density at radius 2 is 2.37 bits per heavy atom. The summed E-state index contributed by atoms with van der Waals surface area (Å²) in [6, 6.07) is 1.53. The molecule has 1 atom stereocenters. The van der Waals surface area contributed by atoms with Gasteiger partial charge in [-0.05, 0) is 42.8 Å². The summed E-state index contributed by atoms with van der Waals surface area (Å²) in [4.78, 5) is 16.3. The summed E-state index contributed by atoms with van der Waals surface area (Å²) >= 11 is 3.37. The van der Waals surface area contributed by atoms with Crippen molar-refractivity contribution in [2.45, 2.75) is 33.4 Å². The summed E-state index contributed by atoms with van der Waals surface area (Å²) in [5.74, 6) is 1.10. The van der Waals surface area contributed by atoms with E-state index in [9.17, 15) is 4.79 Å². The Labute approximate surface area is 120 Å². The molecule has 0 aliphatic heterocycles. The molecule has 2 aromatic rings. The molecule has 102 valence electrons. The predicted molar refractivity (Wildman–Crippen MR) is 74.9 cm³/mol. The molecule has 0 aliphatic rings. The topological polar surface area (TPSA) is 60.1 Å². The number of hydrogen-bond donors (Lipinski definition) is 1. The standard InChI is InChI=1S/C13H16BrN3O2/c1-4-17-7-10(14)5-11(17)12(18)16-9(3)13-15-6-8(2)19-13/h5-7,9H,4H2,1-3H3,(H,16,18). The van der Waals surface area contributed by atoms with Gasteiger partial charge in [-0.3, -0.25) is 4.79 Å². The van der Waals surface area contributed by atoms with Gasteiger partial charge in [-0.15, -0.1) is 0 Å². The van der Waals surface area contributed by atoms with Crippen molar-refractivity contribution in [3.63, 3.8) is 0 Å². The number of hydrogen-bond acceptors (Lipinski definition) is 3. The molecule has 19 heavy (non-hydrogen) atoms. The molecule has 0 saturated heterocycles. The molecule has 0 bridgehead atoms. The van der Waals surface area contributed by atoms with Crippen LogP contribution < -0.4 is 5.32 Å². The van der Waals surface area contributed by atoms with Crippen LogP contribution in [0.1, 0.15) is 42.0 Å². The van der Waals surface area contributed by atoms with E-state index in [1.54, 1.807) is 12.3 Å². The lowest BCUT2D eigenvalue weighted by Gasteiger charge is -2.11. The Bertz CT molecular complexity index is 588. The van der Waals surface area contributed by atoms with E-state index in [0.717, 1.165) is 16.8 Å². The molecule has 1 unspecified atom stereocenters. The van der Waals surface area contributed by atoms with Gasteiger partial charge in [0.1, 0.15) is 17.5 Å². The monoisotopic (exact) mass is 325 g/mol. The predicted octanol–water partition coefficient (Wildman–Crippen LogP) is 3.06. The van der Waals surface area contributed by atoms with Gasteiger partial charge in [0.2, 0.25) is 5.89 Å². The average Bonchev–Trinajstić information content (AvgIpc) is 2.95. The fourth-order valence-electron chi connectivity index (χ4n) is 1.83. The smallest absolute Gasteiger partial charge is 0.268 e. The lowest BCUT2D eigenvalue weighted by Crippen LogP contribution is -2.28. The number of aromatic nitrogens is 2. The minimum Gasteiger partial charge on any atom is -0.444 e. The van der Waals surface area contributed by atoms with Crippen molar-refractivity contribution in [3.8, 4) is 0 Å². The van der Waals surface area contributed by atoms with Crippen molar-refractivity contribution in [2.24, 2.45) is 0 Å². The normalized spacial score (nSPS) is 12.4. The zero-order chi connectivity index (χ0) is 14.0. The second-order valence-electron chi connectivity index (χ2n) is 4.33. The first-order chi connectivity index (χ1) is 9.01. The van der Waals surface area contributed by atoms with Crippen LogP contribution in [0.2, 0.25) is 0 Å². The number of halogens is 1. The summed E-state index contributed by atoms with van der Waals surface area (Å²) in [5, 5.41) is 2.88. The van der Waals surface area contributed by atoms with Crippen molar-refractivity contribution in [1.29, 1.82) is 0 Å². The molecule has 2 rings (SSSR count). The van der Waals surface area contributed by atoms with E-state index in [0.29, 0.717) is 11.6 Å². The maximum atomic E-state index is 12.2. The second kappa shape index (κ2) is 5.61. The highest BCUT2D eigenvalue weighted by Crippen LogP contribution is 2.17. The molecular weight excluding hydrogens is 310 g/mol. The van der Waals surface area contributed by atoms with E-state index in [4.69, 9.17) is 4.42 Å². The molecule has 0 aliphatic carbocycles. The first kappa shape index (κ1) is 13.9. The fraction of sp³-hybridized carbons (Fsp3) is 0.385. The number of rotatable bonds is 4. The van der Waals surface area contributed by atoms with Gasteiger partial charge in [-0.2, -0.15) is 0 Å². The number of oxazole rings is 1. The van der Waals surface area contributed by atoms with Crippen LogP contribution in [-0.4, -0.2) is 15.5 Å². The van der Waals surface area contributed by atoms with Crippen LogP contribution in [0.25, 0.3) is 0 Å². The van der Waals surface area contributed by atoms with Crippen LogP contribution in [0.5, 0.6) is 0 Å². The molecule has 2 heterocycles. The van der Waals surface area contributed by atoms with Crippen LogP contribution in [0.3, 0.4) is 0 Å². The first-order valence-corrected chi connectivity index (χ1v) is 6.89. The zero-order valence-corrected chi connectivity index (χ0v) is 12.7. The number of nitrogens with one attached hydrogen (secondary N) is 1. The van der Waals surface area contributed by atoms with Gasteiger partial charge < -0.3 is 14.3 Å². The molecule has 0 spiro atoms. The SMILES string of the molecule is CCn1cc(Br)cc1C(=O)NC(C)c1ncc(C)o1. The molecule has 6 heteroatoms. The molecule has 0 aromatic carbocycles. The van der Waals surface area contributed by atoms with E-state index in [2.05, 4.69) is 26.2 Å². The molecule has 2 aromatic heterocycles. The number of carbonyl (C=O) groups is 1. The van der Waals surface area contributed by atoms with Gasteiger partial charge in [0.15, 0.2) is 0 Å². The number of aryl methyl sites for hydroxylation is 2. The third-order valence-electron chi connectivity index (χ3n) is 2.79. The molecule has 0 fully saturated rings. The van der Waals surface area contributed by atoms with E-state index < -0.39 is 0 Å². The minimum absolute atomic E-state index is 0.143. The van der Waals surface area contributed by atoms with Crippen molar-refractivity contribution in [1.82, 2.24) is 14.9 Å². The third kappa shape index (κ3) is 3.07. The maximum Gasteiger partial charge on any atom is 0.268 e. The van der Waals surface area contributed by atoms with Crippen LogP contribution in [0, 0.1) is 6.92 Å². The van der Waals surface area contributed by atoms with Gasteiger partial charge in [-0.25, -0.2) is 4.98 Å². The summed E-state index contributed by atoms with van der Waals surface area (Å²) < 4.78 is 8.17. The van der Waals surface area contributed by atoms with E-state index >= 15 is 0 Å². The summed E-state index contributed by atoms with van der Waals surface area (Å²) in [6.07, 6.45) is 3.53. The number of carbonyl (C=O) groups excluding carboxylic acids is 1. The van der Waals surface area contributed by atoms with Gasteiger partial charge >= 0.3 is 0 Å². The third-order valence-corrected chi connectivity index (χ3v) is 3.23.